The van der Waals surface area contributed by atoms with Crippen LogP contribution in [-0.2, 0) is 6.42 Å². The van der Waals surface area contributed by atoms with Gasteiger partial charge in [-0.2, -0.15) is 0 Å². The minimum atomic E-state index is 0.307. The molecule has 1 N–H and O–H groups in total. The summed E-state index contributed by atoms with van der Waals surface area (Å²) in [5, 5.41) is 11.0. The first kappa shape index (κ1) is 19.3. The van der Waals surface area contributed by atoms with Gasteiger partial charge in [-0.15, -0.1) is 0 Å². The van der Waals surface area contributed by atoms with Crippen molar-refractivity contribution in [2.24, 2.45) is 0 Å². The van der Waals surface area contributed by atoms with E-state index in [1.807, 2.05) is 6.07 Å². The van der Waals surface area contributed by atoms with Gasteiger partial charge in [0.25, 0.3) is 0 Å². The average Bonchev–Trinajstić information content (AvgIpc) is 3.18. The van der Waals surface area contributed by atoms with Gasteiger partial charge in [0, 0.05) is 9.79 Å². The lowest BCUT2D eigenvalue weighted by molar-refractivity contribution is 0.475. The first-order valence-electron chi connectivity index (χ1n) is 10.9. The fourth-order valence-corrected chi connectivity index (χ4v) is 5.83. The molecule has 156 valence electrons. The Hall–Kier alpha value is -3.43. The predicted molar refractivity (Wildman–Crippen MR) is 134 cm³/mol. The standard InChI is InChI=1S/C29H23NOS/c1-18-10-12-20(13-11-18)21-16-22-14-19(2)15-23(22)25(17-21)30-24-6-3-4-8-27(24)32-28-9-5-7-26(31)29(28)30/h3-14,16-17,31H,15H2,1-2H3. The van der Waals surface area contributed by atoms with Crippen LogP contribution >= 0.6 is 11.8 Å². The van der Waals surface area contributed by atoms with E-state index in [1.165, 1.54) is 38.3 Å². The molecule has 0 atom stereocenters. The van der Waals surface area contributed by atoms with Crippen molar-refractivity contribution in [3.05, 3.63) is 101 Å². The van der Waals surface area contributed by atoms with E-state index in [-0.39, 0.29) is 0 Å². The van der Waals surface area contributed by atoms with E-state index in [4.69, 9.17) is 0 Å². The molecule has 0 saturated carbocycles. The van der Waals surface area contributed by atoms with E-state index in [0.717, 1.165) is 28.4 Å². The summed E-state index contributed by atoms with van der Waals surface area (Å²) in [6.07, 6.45) is 3.22. The van der Waals surface area contributed by atoms with Crippen molar-refractivity contribution in [2.45, 2.75) is 30.1 Å². The van der Waals surface area contributed by atoms with E-state index in [9.17, 15) is 5.11 Å². The maximum atomic E-state index is 11.0. The molecule has 0 radical (unpaired) electrons. The number of fused-ring (bicyclic) bond motifs is 3. The third kappa shape index (κ3) is 3.04. The average molecular weight is 434 g/mol. The molecule has 0 spiro atoms. The summed E-state index contributed by atoms with van der Waals surface area (Å²) in [6.45, 7) is 4.31. The highest BCUT2D eigenvalue weighted by Crippen LogP contribution is 2.56. The molecule has 2 nitrogen and oxygen atoms in total. The van der Waals surface area contributed by atoms with Gasteiger partial charge in [-0.25, -0.2) is 0 Å². The van der Waals surface area contributed by atoms with Crippen molar-refractivity contribution in [3.8, 4) is 16.9 Å². The Labute approximate surface area is 192 Å². The zero-order valence-electron chi connectivity index (χ0n) is 18.1. The first-order chi connectivity index (χ1) is 15.6. The molecule has 1 heterocycles. The van der Waals surface area contributed by atoms with Crippen LogP contribution in [0.5, 0.6) is 5.75 Å². The Morgan fingerprint density at radius 2 is 1.56 bits per heavy atom. The largest absolute Gasteiger partial charge is 0.506 e. The second-order valence-corrected chi connectivity index (χ2v) is 9.71. The Balaban J connectivity index is 1.64. The van der Waals surface area contributed by atoms with Gasteiger partial charge < -0.3 is 10.0 Å². The number of para-hydroxylation sites is 2. The summed E-state index contributed by atoms with van der Waals surface area (Å²) >= 11 is 1.72. The molecule has 32 heavy (non-hydrogen) atoms. The first-order valence-corrected chi connectivity index (χ1v) is 11.7. The molecule has 0 unspecified atom stereocenters. The lowest BCUT2D eigenvalue weighted by Crippen LogP contribution is -2.17. The molecular weight excluding hydrogens is 410 g/mol. The van der Waals surface area contributed by atoms with Gasteiger partial charge in [0.2, 0.25) is 0 Å². The van der Waals surface area contributed by atoms with E-state index in [1.54, 1.807) is 17.8 Å². The van der Waals surface area contributed by atoms with Gasteiger partial charge in [0.1, 0.15) is 11.4 Å². The van der Waals surface area contributed by atoms with Gasteiger partial charge in [0.15, 0.2) is 0 Å². The summed E-state index contributed by atoms with van der Waals surface area (Å²) in [5.41, 5.74) is 10.7. The molecule has 3 heteroatoms. The number of benzene rings is 4. The smallest absolute Gasteiger partial charge is 0.140 e. The monoisotopic (exact) mass is 433 g/mol. The van der Waals surface area contributed by atoms with E-state index in [2.05, 4.69) is 91.6 Å². The predicted octanol–water partition coefficient (Wildman–Crippen LogP) is 8.26. The summed E-state index contributed by atoms with van der Waals surface area (Å²) in [4.78, 5) is 4.53. The Morgan fingerprint density at radius 3 is 2.41 bits per heavy atom. The van der Waals surface area contributed by atoms with Crippen molar-refractivity contribution in [1.29, 1.82) is 0 Å². The number of rotatable bonds is 2. The van der Waals surface area contributed by atoms with Gasteiger partial charge in [-0.1, -0.05) is 71.4 Å². The Morgan fingerprint density at radius 1 is 0.781 bits per heavy atom. The molecule has 6 rings (SSSR count). The molecular formula is C29H23NOS. The molecule has 2 aliphatic rings. The van der Waals surface area contributed by atoms with Crippen LogP contribution in [0.2, 0.25) is 0 Å². The third-order valence-corrected chi connectivity index (χ3v) is 7.39. The van der Waals surface area contributed by atoms with Crippen LogP contribution in [0.1, 0.15) is 23.6 Å². The van der Waals surface area contributed by atoms with Gasteiger partial charge in [0.05, 0.1) is 11.4 Å². The normalized spacial score (nSPS) is 13.9. The number of hydrogen-bond acceptors (Lipinski definition) is 3. The van der Waals surface area contributed by atoms with Crippen molar-refractivity contribution in [2.75, 3.05) is 4.90 Å². The molecule has 1 aliphatic carbocycles. The van der Waals surface area contributed by atoms with Crippen LogP contribution in [0, 0.1) is 6.92 Å². The highest BCUT2D eigenvalue weighted by Gasteiger charge is 2.30. The molecule has 1 aliphatic heterocycles. The molecule has 0 aromatic heterocycles. The van der Waals surface area contributed by atoms with Gasteiger partial charge >= 0.3 is 0 Å². The number of aryl methyl sites for hydroxylation is 1. The molecule has 4 aromatic rings. The number of aromatic hydroxyl groups is 1. The fraction of sp³-hybridized carbons (Fsp3) is 0.103. The van der Waals surface area contributed by atoms with Crippen LogP contribution < -0.4 is 4.90 Å². The van der Waals surface area contributed by atoms with Crippen LogP contribution in [0.15, 0.2) is 94.2 Å². The highest BCUT2D eigenvalue weighted by atomic mass is 32.2. The highest BCUT2D eigenvalue weighted by molar-refractivity contribution is 7.99. The second-order valence-electron chi connectivity index (χ2n) is 8.63. The van der Waals surface area contributed by atoms with Crippen molar-refractivity contribution in [3.63, 3.8) is 0 Å². The number of phenols is 1. The Kier molecular flexibility index (Phi) is 4.41. The number of anilines is 3. The summed E-state index contributed by atoms with van der Waals surface area (Å²) in [6, 6.07) is 27.6. The van der Waals surface area contributed by atoms with E-state index >= 15 is 0 Å². The molecule has 0 bridgehead atoms. The van der Waals surface area contributed by atoms with Crippen LogP contribution in [-0.4, -0.2) is 5.11 Å². The van der Waals surface area contributed by atoms with Gasteiger partial charge in [-0.3, -0.25) is 0 Å². The molecule has 0 saturated heterocycles. The second kappa shape index (κ2) is 7.32. The lowest BCUT2D eigenvalue weighted by Gasteiger charge is -2.35. The maximum absolute atomic E-state index is 11.0. The quantitative estimate of drug-likeness (QED) is 0.303. The van der Waals surface area contributed by atoms with Crippen molar-refractivity contribution >= 4 is 34.9 Å². The topological polar surface area (TPSA) is 23.5 Å². The summed E-state index contributed by atoms with van der Waals surface area (Å²) in [5.74, 6) is 0.307. The van der Waals surface area contributed by atoms with Crippen LogP contribution in [0.3, 0.4) is 0 Å². The minimum absolute atomic E-state index is 0.307. The number of allylic oxidation sites excluding steroid dienone is 1. The van der Waals surface area contributed by atoms with Crippen molar-refractivity contribution in [1.82, 2.24) is 0 Å². The van der Waals surface area contributed by atoms with Crippen LogP contribution in [0.4, 0.5) is 17.1 Å². The summed E-state index contributed by atoms with van der Waals surface area (Å²) in [7, 11) is 0. The fourth-order valence-electron chi connectivity index (χ4n) is 4.74. The zero-order valence-corrected chi connectivity index (χ0v) is 18.9. The third-order valence-electron chi connectivity index (χ3n) is 6.27. The zero-order chi connectivity index (χ0) is 21.8. The SMILES string of the molecule is CC1=Cc2cc(-c3ccc(C)cc3)cc(N3c4ccccc4Sc4cccc(O)c43)c2C1. The van der Waals surface area contributed by atoms with E-state index < -0.39 is 0 Å². The number of nitrogens with zero attached hydrogens (tertiary/aromatic N) is 1. The van der Waals surface area contributed by atoms with Crippen molar-refractivity contribution < 1.29 is 5.11 Å². The molecule has 4 aromatic carbocycles. The molecule has 0 fully saturated rings. The lowest BCUT2D eigenvalue weighted by atomic mass is 9.96. The number of phenolic OH excluding ortho intramolecular Hbond substituents is 1. The van der Waals surface area contributed by atoms with E-state index in [0.29, 0.717) is 5.75 Å². The van der Waals surface area contributed by atoms with Gasteiger partial charge in [-0.05, 0) is 78.9 Å². The molecule has 0 amide bonds. The maximum Gasteiger partial charge on any atom is 0.140 e. The number of hydrogen-bond donors (Lipinski definition) is 1. The van der Waals surface area contributed by atoms with Crippen LogP contribution in [0.25, 0.3) is 17.2 Å². The Bertz CT molecular complexity index is 1400. The minimum Gasteiger partial charge on any atom is -0.506 e. The summed E-state index contributed by atoms with van der Waals surface area (Å²) < 4.78 is 0.